The van der Waals surface area contributed by atoms with Gasteiger partial charge in [0.05, 0.1) is 0 Å². The predicted octanol–water partition coefficient (Wildman–Crippen LogP) is 2.06. The van der Waals surface area contributed by atoms with Crippen LogP contribution in [0.1, 0.15) is 33.4 Å². The van der Waals surface area contributed by atoms with Gasteiger partial charge < -0.3 is 0 Å². The molecule has 0 atom stereocenters. The van der Waals surface area contributed by atoms with Crippen LogP contribution in [0.5, 0.6) is 0 Å². The van der Waals surface area contributed by atoms with Crippen LogP contribution in [0, 0.1) is 48.7 Å². The molecule has 2 rings (SSSR count). The first-order valence-corrected chi connectivity index (χ1v) is 13.6. The maximum absolute atomic E-state index is 16.4. The topological polar surface area (TPSA) is 54.4 Å². The van der Waals surface area contributed by atoms with Crippen molar-refractivity contribution in [2.75, 3.05) is 0 Å². The fourth-order valence-corrected chi connectivity index (χ4v) is 12.3. The fourth-order valence-electron chi connectivity index (χ4n) is 2.78. The van der Waals surface area contributed by atoms with Gasteiger partial charge in [-0.15, -0.1) is 0 Å². The van der Waals surface area contributed by atoms with Crippen molar-refractivity contribution in [3.63, 3.8) is 0 Å². The van der Waals surface area contributed by atoms with Crippen LogP contribution in [0.2, 0.25) is 0 Å². The summed E-state index contributed by atoms with van der Waals surface area (Å²) in [6, 6.07) is 5.12. The van der Waals surface area contributed by atoms with E-state index in [4.69, 9.17) is 0 Å². The van der Waals surface area contributed by atoms with Crippen LogP contribution in [0.4, 0.5) is 11.6 Å². The molecule has 0 unspecified atom stereocenters. The molecule has 0 heterocycles. The molecule has 2 aromatic carbocycles. The zero-order chi connectivity index (χ0) is 20.9. The second kappa shape index (κ2) is 7.04. The number of rotatable bonds is 4. The Hall–Kier alpha value is -1.13. The van der Waals surface area contributed by atoms with Crippen molar-refractivity contribution in [3.8, 4) is 0 Å². The predicted molar refractivity (Wildman–Crippen MR) is 96.3 cm³/mol. The second-order valence-corrected chi connectivity index (χ2v) is 15.6. The first-order valence-electron chi connectivity index (χ1n) is 8.12. The first-order chi connectivity index (χ1) is 12.1. The fraction of sp³-hybridized carbons (Fsp3) is 0.368. The molecule has 2 aromatic rings. The van der Waals surface area contributed by atoms with Crippen molar-refractivity contribution < 1.29 is 43.6 Å². The van der Waals surface area contributed by atoms with E-state index in [2.05, 4.69) is 0 Å². The molecule has 27 heavy (non-hydrogen) atoms. The molecule has 0 amide bonds. The zero-order valence-corrected chi connectivity index (χ0v) is 19.0. The third-order valence-electron chi connectivity index (χ3n) is 4.98. The first kappa shape index (κ1) is 22.2. The van der Waals surface area contributed by atoms with Crippen molar-refractivity contribution in [1.29, 1.82) is 0 Å². The average molecular weight is 515 g/mol. The summed E-state index contributed by atoms with van der Waals surface area (Å²) in [6.45, 7) is 10.2. The van der Waals surface area contributed by atoms with Crippen LogP contribution in [-0.4, -0.2) is 16.2 Å². The molecule has 0 aliphatic heterocycles. The summed E-state index contributed by atoms with van der Waals surface area (Å²) in [5.74, 6) is 0. The molecule has 0 aromatic heterocycles. The Morgan fingerprint density at radius 3 is 1.26 bits per heavy atom. The summed E-state index contributed by atoms with van der Waals surface area (Å²) in [5, 5.41) is 0. The summed E-state index contributed by atoms with van der Waals surface area (Å²) < 4.78 is 73.0. The van der Waals surface area contributed by atoms with E-state index in [1.54, 1.807) is 41.5 Å². The SMILES string of the molecule is Cc1cc([I-](F)(c2cc(C)c(C)c(C)c2)C(F)(F)S(=O)(=O)O)cc(C)c1C. The minimum atomic E-state index is -6.28. The molecule has 0 fully saturated rings. The standard InChI is InChI=1S/C19H23F3IO3S/c1-11-7-17(8-12(2)15(11)5)23(22,19(20,21)27(24,25)26)18-9-13(3)16(6)14(4)10-18/h7-10H,1-6H3,(H,24,25,26)/q-1. The van der Waals surface area contributed by atoms with Gasteiger partial charge in [0, 0.05) is 0 Å². The van der Waals surface area contributed by atoms with E-state index in [-0.39, 0.29) is 7.14 Å². The van der Waals surface area contributed by atoms with Crippen molar-refractivity contribution in [3.05, 3.63) is 64.8 Å². The van der Waals surface area contributed by atoms with Gasteiger partial charge in [0.1, 0.15) is 0 Å². The number of benzene rings is 2. The Morgan fingerprint density at radius 2 is 1.04 bits per heavy atom. The molecule has 0 bridgehead atoms. The van der Waals surface area contributed by atoms with E-state index in [1.165, 1.54) is 24.3 Å². The van der Waals surface area contributed by atoms with Crippen molar-refractivity contribution in [1.82, 2.24) is 0 Å². The van der Waals surface area contributed by atoms with Gasteiger partial charge in [-0.3, -0.25) is 0 Å². The molecular weight excluding hydrogens is 492 g/mol. The van der Waals surface area contributed by atoms with Crippen LogP contribution in [-0.2, 0) is 10.1 Å². The number of alkyl halides is 3. The van der Waals surface area contributed by atoms with Crippen LogP contribution in [0.15, 0.2) is 24.3 Å². The third kappa shape index (κ3) is 3.51. The Bertz CT molecular complexity index is 913. The quantitative estimate of drug-likeness (QED) is 0.386. The molecule has 0 aliphatic carbocycles. The molecule has 0 saturated carbocycles. The van der Waals surface area contributed by atoms with E-state index in [9.17, 15) is 21.8 Å². The van der Waals surface area contributed by atoms with Crippen LogP contribution >= 0.6 is 0 Å². The molecule has 8 heteroatoms. The van der Waals surface area contributed by atoms with Gasteiger partial charge >= 0.3 is 163 Å². The van der Waals surface area contributed by atoms with E-state index in [1.807, 2.05) is 0 Å². The molecule has 0 saturated heterocycles. The maximum atomic E-state index is 16.4. The Morgan fingerprint density at radius 1 is 0.778 bits per heavy atom. The number of aryl methyl sites for hydroxylation is 4. The monoisotopic (exact) mass is 515 g/mol. The van der Waals surface area contributed by atoms with Gasteiger partial charge in [-0.1, -0.05) is 0 Å². The van der Waals surface area contributed by atoms with Crippen LogP contribution in [0.3, 0.4) is 0 Å². The van der Waals surface area contributed by atoms with Gasteiger partial charge in [0.15, 0.2) is 0 Å². The zero-order valence-electron chi connectivity index (χ0n) is 16.0. The second-order valence-electron chi connectivity index (χ2n) is 6.75. The third-order valence-corrected chi connectivity index (χ3v) is 15.1. The Labute approximate surface area is 163 Å². The average Bonchev–Trinajstić information content (AvgIpc) is 2.54. The molecule has 1 N–H and O–H groups in total. The molecule has 3 nitrogen and oxygen atoms in total. The Balaban J connectivity index is 2.99. The van der Waals surface area contributed by atoms with Gasteiger partial charge in [0.2, 0.25) is 0 Å². The molecular formula is C19H23F3IO3S-. The van der Waals surface area contributed by atoms with Gasteiger partial charge in [-0.05, 0) is 0 Å². The summed E-state index contributed by atoms with van der Waals surface area (Å²) in [7, 11) is -5.96. The van der Waals surface area contributed by atoms with E-state index in [0.717, 1.165) is 11.1 Å². The number of halogens is 4. The van der Waals surface area contributed by atoms with Crippen LogP contribution in [0.25, 0.3) is 0 Å². The van der Waals surface area contributed by atoms with Crippen molar-refractivity contribution in [2.24, 2.45) is 0 Å². The van der Waals surface area contributed by atoms with E-state index in [0.29, 0.717) is 22.3 Å². The number of hydrogen-bond donors (Lipinski definition) is 1. The van der Waals surface area contributed by atoms with Crippen molar-refractivity contribution in [2.45, 2.75) is 44.8 Å². The summed E-state index contributed by atoms with van der Waals surface area (Å²) in [6.07, 6.45) is 0. The minimum absolute atomic E-state index is 0.340. The summed E-state index contributed by atoms with van der Waals surface area (Å²) in [5.41, 5.74) is 3.97. The normalized spacial score (nSPS) is 13.7. The van der Waals surface area contributed by atoms with E-state index < -0.39 is 32.4 Å². The summed E-state index contributed by atoms with van der Waals surface area (Å²) in [4.78, 5) is 0. The molecule has 0 radical (unpaired) electrons. The van der Waals surface area contributed by atoms with Crippen molar-refractivity contribution >= 4 is 10.1 Å². The van der Waals surface area contributed by atoms with Crippen LogP contribution < -0.4 is 19.0 Å². The van der Waals surface area contributed by atoms with Gasteiger partial charge in [-0.2, -0.15) is 0 Å². The molecule has 0 aliphatic rings. The van der Waals surface area contributed by atoms with Gasteiger partial charge in [0.25, 0.3) is 0 Å². The Kier molecular flexibility index (Phi) is 5.78. The number of hydrogen-bond acceptors (Lipinski definition) is 2. The van der Waals surface area contributed by atoms with Gasteiger partial charge in [-0.25, -0.2) is 0 Å². The molecule has 152 valence electrons. The molecule has 0 spiro atoms. The van der Waals surface area contributed by atoms with E-state index >= 15 is 2.86 Å². The summed E-state index contributed by atoms with van der Waals surface area (Å²) >= 11 is -6.28.